The lowest BCUT2D eigenvalue weighted by Crippen LogP contribution is -2.40. The summed E-state index contributed by atoms with van der Waals surface area (Å²) in [6, 6.07) is 3.06. The fourth-order valence-corrected chi connectivity index (χ4v) is 5.06. The molecule has 0 unspecified atom stereocenters. The van der Waals surface area contributed by atoms with Gasteiger partial charge in [0.1, 0.15) is 11.6 Å². The van der Waals surface area contributed by atoms with Crippen molar-refractivity contribution in [1.29, 1.82) is 0 Å². The molecule has 7 nitrogen and oxygen atoms in total. The number of hydrogen-bond acceptors (Lipinski definition) is 6. The minimum Gasteiger partial charge on any atom is -0.496 e. The third kappa shape index (κ3) is 5.25. The topological polar surface area (TPSA) is 108 Å². The molecule has 1 saturated carbocycles. The normalized spacial score (nSPS) is 16.1. The molecule has 0 spiro atoms. The fourth-order valence-electron chi connectivity index (χ4n) is 3.03. The Hall–Kier alpha value is -1.61. The third-order valence-electron chi connectivity index (χ3n) is 4.77. The Morgan fingerprint density at radius 2 is 1.90 bits per heavy atom. The summed E-state index contributed by atoms with van der Waals surface area (Å²) in [5.74, 6) is -3.84. The van der Waals surface area contributed by atoms with Gasteiger partial charge < -0.3 is 20.3 Å². The lowest BCUT2D eigenvalue weighted by atomic mass is 9.98. The van der Waals surface area contributed by atoms with Gasteiger partial charge in [-0.2, -0.15) is 0 Å². The van der Waals surface area contributed by atoms with E-state index in [4.69, 9.17) is 4.74 Å². The predicted molar refractivity (Wildman–Crippen MR) is 116 cm³/mol. The van der Waals surface area contributed by atoms with E-state index in [-0.39, 0.29) is 17.0 Å². The van der Waals surface area contributed by atoms with Gasteiger partial charge >= 0.3 is 0 Å². The number of sulfonamides is 1. The number of rotatable bonds is 9. The van der Waals surface area contributed by atoms with Crippen molar-refractivity contribution >= 4 is 44.0 Å². The second kappa shape index (κ2) is 9.48. The van der Waals surface area contributed by atoms with Gasteiger partial charge in [-0.15, -0.1) is 0 Å². The van der Waals surface area contributed by atoms with Crippen LogP contribution in [0.1, 0.15) is 24.4 Å². The first-order valence-electron chi connectivity index (χ1n) is 9.17. The summed E-state index contributed by atoms with van der Waals surface area (Å²) in [6.07, 6.45) is -0.912. The minimum atomic E-state index is -3.94. The van der Waals surface area contributed by atoms with E-state index in [1.165, 1.54) is 12.1 Å². The van der Waals surface area contributed by atoms with Gasteiger partial charge in [-0.05, 0) is 53.6 Å². The average Bonchev–Trinajstić information content (AvgIpc) is 3.57. The maximum absolute atomic E-state index is 14.9. The number of aliphatic hydroxyl groups excluding tert-OH is 2. The van der Waals surface area contributed by atoms with Gasteiger partial charge in [0.15, 0.2) is 11.6 Å². The highest BCUT2D eigenvalue weighted by molar-refractivity contribution is 14.1. The molecular formula is C19H20F3IN2O5S. The lowest BCUT2D eigenvalue weighted by molar-refractivity contribution is 0.0686. The van der Waals surface area contributed by atoms with E-state index in [0.29, 0.717) is 22.5 Å². The molecule has 2 aromatic carbocycles. The molecule has 0 radical (unpaired) electrons. The molecule has 1 aliphatic carbocycles. The van der Waals surface area contributed by atoms with Gasteiger partial charge in [-0.1, -0.05) is 0 Å². The summed E-state index contributed by atoms with van der Waals surface area (Å²) in [6.45, 7) is -0.892. The number of halogens is 4. The summed E-state index contributed by atoms with van der Waals surface area (Å²) in [5.41, 5.74) is -1.16. The Kier molecular flexibility index (Phi) is 7.35. The van der Waals surface area contributed by atoms with Crippen LogP contribution in [0.5, 0.6) is 5.75 Å². The molecule has 3 rings (SSSR count). The highest BCUT2D eigenvalue weighted by atomic mass is 127. The number of nitrogens with one attached hydrogen (secondary N) is 2. The minimum absolute atomic E-state index is 0.212. The Balaban J connectivity index is 2.18. The zero-order valence-corrected chi connectivity index (χ0v) is 19.2. The van der Waals surface area contributed by atoms with Crippen LogP contribution in [0.25, 0.3) is 0 Å². The van der Waals surface area contributed by atoms with Crippen molar-refractivity contribution in [3.05, 3.63) is 50.9 Å². The Bertz CT molecular complexity index is 1080. The first-order chi connectivity index (χ1) is 14.6. The number of methoxy groups -OCH3 is 1. The SMILES string of the molecule is COc1cc(F)c(F)c(Nc2ccc(I)cc2F)c1[C@H](NS(=O)(=O)C1CC1)[C@H](O)CO. The monoisotopic (exact) mass is 572 g/mol. The number of ether oxygens (including phenoxy) is 1. The lowest BCUT2D eigenvalue weighted by Gasteiger charge is -2.28. The number of anilines is 2. The summed E-state index contributed by atoms with van der Waals surface area (Å²) in [7, 11) is -2.79. The van der Waals surface area contributed by atoms with Crippen molar-refractivity contribution in [2.75, 3.05) is 19.0 Å². The van der Waals surface area contributed by atoms with E-state index >= 15 is 0 Å². The second-order valence-corrected chi connectivity index (χ2v) is 10.2. The smallest absolute Gasteiger partial charge is 0.215 e. The Labute approximate surface area is 190 Å². The molecule has 170 valence electrons. The van der Waals surface area contributed by atoms with E-state index in [1.807, 2.05) is 22.6 Å². The van der Waals surface area contributed by atoms with Crippen LogP contribution in [-0.4, -0.2) is 43.7 Å². The van der Waals surface area contributed by atoms with Crippen molar-refractivity contribution in [2.24, 2.45) is 0 Å². The van der Waals surface area contributed by atoms with Crippen LogP contribution in [0.2, 0.25) is 0 Å². The van der Waals surface area contributed by atoms with Gasteiger partial charge in [-0.25, -0.2) is 26.3 Å². The number of benzene rings is 2. The Morgan fingerprint density at radius 1 is 1.23 bits per heavy atom. The molecule has 0 saturated heterocycles. The summed E-state index contributed by atoms with van der Waals surface area (Å²) >= 11 is 1.87. The van der Waals surface area contributed by atoms with E-state index in [0.717, 1.165) is 13.2 Å². The largest absolute Gasteiger partial charge is 0.496 e. The molecule has 31 heavy (non-hydrogen) atoms. The van der Waals surface area contributed by atoms with Gasteiger partial charge in [0, 0.05) is 15.2 Å². The van der Waals surface area contributed by atoms with Crippen molar-refractivity contribution in [2.45, 2.75) is 30.2 Å². The van der Waals surface area contributed by atoms with Crippen LogP contribution in [0.15, 0.2) is 24.3 Å². The summed E-state index contributed by atoms with van der Waals surface area (Å²) in [5, 5.41) is 21.6. The quantitative estimate of drug-likeness (QED) is 0.345. The van der Waals surface area contributed by atoms with Crippen molar-refractivity contribution in [1.82, 2.24) is 4.72 Å². The molecule has 2 atom stereocenters. The molecule has 0 aliphatic heterocycles. The van der Waals surface area contributed by atoms with Crippen LogP contribution in [-0.2, 0) is 10.0 Å². The maximum Gasteiger partial charge on any atom is 0.215 e. The first-order valence-corrected chi connectivity index (χ1v) is 11.8. The fraction of sp³-hybridized carbons (Fsp3) is 0.368. The van der Waals surface area contributed by atoms with E-state index in [2.05, 4.69) is 10.0 Å². The predicted octanol–water partition coefficient (Wildman–Crippen LogP) is 2.94. The molecule has 0 bridgehead atoms. The average molecular weight is 572 g/mol. The van der Waals surface area contributed by atoms with Crippen LogP contribution in [0.3, 0.4) is 0 Å². The summed E-state index contributed by atoms with van der Waals surface area (Å²) in [4.78, 5) is 0. The highest BCUT2D eigenvalue weighted by Crippen LogP contribution is 2.41. The highest BCUT2D eigenvalue weighted by Gasteiger charge is 2.40. The maximum atomic E-state index is 14.9. The molecule has 2 aromatic rings. The number of aliphatic hydroxyl groups is 2. The molecular weight excluding hydrogens is 552 g/mol. The van der Waals surface area contributed by atoms with Crippen molar-refractivity contribution in [3.8, 4) is 5.75 Å². The van der Waals surface area contributed by atoms with Gasteiger partial charge in [0.2, 0.25) is 10.0 Å². The van der Waals surface area contributed by atoms with Gasteiger partial charge in [0.25, 0.3) is 0 Å². The standard InChI is InChI=1S/C19H20F3IN2O5S/c1-30-15-7-12(21)17(22)19(24-13-5-2-9(23)6-11(13)20)16(15)18(14(27)8-26)25-31(28,29)10-3-4-10/h2,5-7,10,14,18,24-27H,3-4,8H2,1H3/t14-,18-/m1/s1. The molecule has 1 aliphatic rings. The zero-order chi connectivity index (χ0) is 22.9. The van der Waals surface area contributed by atoms with E-state index in [9.17, 15) is 31.8 Å². The molecule has 0 aromatic heterocycles. The van der Waals surface area contributed by atoms with E-state index in [1.54, 1.807) is 0 Å². The molecule has 0 heterocycles. The van der Waals surface area contributed by atoms with Crippen molar-refractivity contribution in [3.63, 3.8) is 0 Å². The van der Waals surface area contributed by atoms with Crippen LogP contribution < -0.4 is 14.8 Å². The summed E-state index contributed by atoms with van der Waals surface area (Å²) < 4.78 is 76.5. The molecule has 1 fully saturated rings. The van der Waals surface area contributed by atoms with Crippen LogP contribution in [0, 0.1) is 21.0 Å². The van der Waals surface area contributed by atoms with Crippen molar-refractivity contribution < 1.29 is 36.5 Å². The van der Waals surface area contributed by atoms with E-state index < -0.39 is 57.2 Å². The third-order valence-corrected chi connectivity index (χ3v) is 7.37. The molecule has 4 N–H and O–H groups in total. The van der Waals surface area contributed by atoms with Gasteiger partial charge in [-0.3, -0.25) is 0 Å². The number of hydrogen-bond donors (Lipinski definition) is 4. The van der Waals surface area contributed by atoms with Crippen LogP contribution in [0.4, 0.5) is 24.5 Å². The zero-order valence-electron chi connectivity index (χ0n) is 16.2. The van der Waals surface area contributed by atoms with Crippen LogP contribution >= 0.6 is 22.6 Å². The van der Waals surface area contributed by atoms with Gasteiger partial charge in [0.05, 0.1) is 42.5 Å². The first kappa shape index (κ1) is 24.0. The molecule has 12 heteroatoms. The Morgan fingerprint density at radius 3 is 2.45 bits per heavy atom. The molecule has 0 amide bonds. The second-order valence-electron chi connectivity index (χ2n) is 7.00.